The van der Waals surface area contributed by atoms with Crippen LogP contribution in [0.15, 0.2) is 9.90 Å². The van der Waals surface area contributed by atoms with Crippen molar-refractivity contribution in [3.05, 3.63) is 27.8 Å². The van der Waals surface area contributed by atoms with E-state index in [-0.39, 0.29) is 17.7 Å². The summed E-state index contributed by atoms with van der Waals surface area (Å²) in [5, 5.41) is 7.16. The fourth-order valence-corrected chi connectivity index (χ4v) is 3.63. The van der Waals surface area contributed by atoms with Crippen molar-refractivity contribution in [2.24, 2.45) is 5.92 Å². The summed E-state index contributed by atoms with van der Waals surface area (Å²) in [7, 11) is 0. The zero-order valence-electron chi connectivity index (χ0n) is 14.5. The van der Waals surface area contributed by atoms with Crippen LogP contribution in [0.1, 0.15) is 61.4 Å². The molecule has 0 bridgehead atoms. The van der Waals surface area contributed by atoms with Gasteiger partial charge in [0.2, 0.25) is 11.8 Å². The van der Waals surface area contributed by atoms with Crippen LogP contribution in [0, 0.1) is 12.8 Å². The Kier molecular flexibility index (Phi) is 5.28. The molecule has 1 aliphatic heterocycles. The highest BCUT2D eigenvalue weighted by atomic mass is 32.1. The predicted molar refractivity (Wildman–Crippen MR) is 92.0 cm³/mol. The maximum absolute atomic E-state index is 12.4. The van der Waals surface area contributed by atoms with E-state index in [2.05, 4.69) is 22.0 Å². The molecule has 0 radical (unpaired) electrons. The van der Waals surface area contributed by atoms with E-state index < -0.39 is 0 Å². The number of nitrogens with zero attached hydrogens (tertiary/aromatic N) is 4. The first-order chi connectivity index (χ1) is 11.6. The summed E-state index contributed by atoms with van der Waals surface area (Å²) in [6, 6.07) is 0. The number of thiazole rings is 1. The molecule has 2 atom stereocenters. The van der Waals surface area contributed by atoms with Crippen LogP contribution in [0.3, 0.4) is 0 Å². The van der Waals surface area contributed by atoms with Gasteiger partial charge < -0.3 is 9.42 Å². The van der Waals surface area contributed by atoms with E-state index >= 15 is 0 Å². The lowest BCUT2D eigenvalue weighted by atomic mass is 9.96. The Morgan fingerprint density at radius 2 is 2.33 bits per heavy atom. The van der Waals surface area contributed by atoms with Gasteiger partial charge >= 0.3 is 0 Å². The van der Waals surface area contributed by atoms with Gasteiger partial charge in [0, 0.05) is 24.4 Å². The normalized spacial score (nSPS) is 19.5. The summed E-state index contributed by atoms with van der Waals surface area (Å²) in [6.45, 7) is 7.54. The van der Waals surface area contributed by atoms with Crippen LogP contribution in [0.25, 0.3) is 0 Å². The number of aryl methyl sites for hydroxylation is 1. The summed E-state index contributed by atoms with van der Waals surface area (Å²) in [4.78, 5) is 23.3. The summed E-state index contributed by atoms with van der Waals surface area (Å²) < 4.78 is 5.47. The Labute approximate surface area is 146 Å². The average molecular weight is 348 g/mol. The van der Waals surface area contributed by atoms with Crippen LogP contribution in [0.2, 0.25) is 0 Å². The molecule has 1 aliphatic rings. The first-order valence-electron chi connectivity index (χ1n) is 8.59. The van der Waals surface area contributed by atoms with E-state index in [1.807, 2.05) is 24.1 Å². The molecule has 7 heteroatoms. The maximum atomic E-state index is 12.4. The van der Waals surface area contributed by atoms with Crippen molar-refractivity contribution in [3.8, 4) is 0 Å². The first-order valence-corrected chi connectivity index (χ1v) is 9.47. The molecule has 0 spiro atoms. The zero-order chi connectivity index (χ0) is 17.1. The minimum Gasteiger partial charge on any atom is -0.342 e. The molecule has 0 aliphatic carbocycles. The number of hydrogen-bond donors (Lipinski definition) is 0. The summed E-state index contributed by atoms with van der Waals surface area (Å²) in [5.41, 5.74) is 0.974. The van der Waals surface area contributed by atoms with Crippen LogP contribution in [-0.2, 0) is 11.2 Å². The van der Waals surface area contributed by atoms with Gasteiger partial charge in [-0.25, -0.2) is 4.98 Å². The van der Waals surface area contributed by atoms with Gasteiger partial charge in [-0.1, -0.05) is 19.0 Å². The maximum Gasteiger partial charge on any atom is 0.231 e. The molecule has 1 saturated heterocycles. The van der Waals surface area contributed by atoms with E-state index in [1.165, 1.54) is 0 Å². The zero-order valence-corrected chi connectivity index (χ0v) is 15.3. The van der Waals surface area contributed by atoms with Crippen LogP contribution in [0.5, 0.6) is 0 Å². The number of amides is 1. The number of rotatable bonds is 5. The highest BCUT2D eigenvalue weighted by Gasteiger charge is 2.30. The number of carbonyl (C=O) groups excluding carboxylic acids is 1. The number of carbonyl (C=O) groups is 1. The molecule has 1 amide bonds. The van der Waals surface area contributed by atoms with Crippen molar-refractivity contribution in [1.29, 1.82) is 0 Å². The molecule has 2 unspecified atom stereocenters. The van der Waals surface area contributed by atoms with E-state index in [0.29, 0.717) is 24.7 Å². The fourth-order valence-electron chi connectivity index (χ4n) is 3.02. The first kappa shape index (κ1) is 17.1. The molecule has 6 nitrogen and oxygen atoms in total. The molecule has 0 saturated carbocycles. The lowest BCUT2D eigenvalue weighted by Gasteiger charge is -2.32. The lowest BCUT2D eigenvalue weighted by Crippen LogP contribution is -2.41. The van der Waals surface area contributed by atoms with Gasteiger partial charge in [-0.2, -0.15) is 4.98 Å². The second-order valence-corrected chi connectivity index (χ2v) is 7.58. The summed E-state index contributed by atoms with van der Waals surface area (Å²) in [6.07, 6.45) is 3.44. The van der Waals surface area contributed by atoms with Gasteiger partial charge in [0.25, 0.3) is 0 Å². The molecule has 24 heavy (non-hydrogen) atoms. The Balaban J connectivity index is 1.65. The molecule has 3 rings (SSSR count). The van der Waals surface area contributed by atoms with Crippen LogP contribution in [-0.4, -0.2) is 39.0 Å². The van der Waals surface area contributed by atoms with Crippen LogP contribution >= 0.6 is 11.3 Å². The smallest absolute Gasteiger partial charge is 0.231 e. The monoisotopic (exact) mass is 348 g/mol. The SMILES string of the molecule is CCC(C)C(=O)N1CCCC(c2nc(Cc3csc(C)n3)no2)C1. The van der Waals surface area contributed by atoms with Gasteiger partial charge in [-0.05, 0) is 26.2 Å². The standard InChI is InChI=1S/C17H24N4O2S/c1-4-11(2)17(22)21-7-5-6-13(9-21)16-19-15(20-23-16)8-14-10-24-12(3)18-14/h10-11,13H,4-9H2,1-3H3. The average Bonchev–Trinajstić information content (AvgIpc) is 3.23. The van der Waals surface area contributed by atoms with Gasteiger partial charge in [0.1, 0.15) is 0 Å². The number of likely N-dealkylation sites (tertiary alicyclic amines) is 1. The number of hydrogen-bond acceptors (Lipinski definition) is 6. The van der Waals surface area contributed by atoms with Crippen molar-refractivity contribution >= 4 is 17.2 Å². The van der Waals surface area contributed by atoms with Crippen LogP contribution < -0.4 is 0 Å². The minimum absolute atomic E-state index is 0.0786. The summed E-state index contributed by atoms with van der Waals surface area (Å²) >= 11 is 1.63. The van der Waals surface area contributed by atoms with Crippen molar-refractivity contribution < 1.29 is 9.32 Å². The predicted octanol–water partition coefficient (Wildman–Crippen LogP) is 3.18. The van der Waals surface area contributed by atoms with E-state index in [0.717, 1.165) is 36.5 Å². The number of aromatic nitrogens is 3. The molecule has 1 fully saturated rings. The highest BCUT2D eigenvalue weighted by Crippen LogP contribution is 2.27. The molecular weight excluding hydrogens is 324 g/mol. The van der Waals surface area contributed by atoms with Crippen molar-refractivity contribution in [3.63, 3.8) is 0 Å². The Morgan fingerprint density at radius 1 is 1.50 bits per heavy atom. The Bertz CT molecular complexity index is 696. The van der Waals surface area contributed by atoms with E-state index in [1.54, 1.807) is 11.3 Å². The Morgan fingerprint density at radius 3 is 3.04 bits per heavy atom. The fraction of sp³-hybridized carbons (Fsp3) is 0.647. The Hall–Kier alpha value is -1.76. The lowest BCUT2D eigenvalue weighted by molar-refractivity contribution is -0.136. The van der Waals surface area contributed by atoms with E-state index in [9.17, 15) is 4.79 Å². The van der Waals surface area contributed by atoms with Crippen molar-refractivity contribution in [1.82, 2.24) is 20.0 Å². The van der Waals surface area contributed by atoms with Crippen LogP contribution in [0.4, 0.5) is 0 Å². The van der Waals surface area contributed by atoms with Crippen molar-refractivity contribution in [2.75, 3.05) is 13.1 Å². The largest absolute Gasteiger partial charge is 0.342 e. The molecule has 0 N–H and O–H groups in total. The van der Waals surface area contributed by atoms with Gasteiger partial charge in [-0.15, -0.1) is 11.3 Å². The number of piperidine rings is 1. The molecule has 2 aromatic rings. The molecular formula is C17H24N4O2S. The summed E-state index contributed by atoms with van der Waals surface area (Å²) in [5.74, 6) is 1.78. The topological polar surface area (TPSA) is 72.1 Å². The van der Waals surface area contributed by atoms with Gasteiger partial charge in [0.05, 0.1) is 23.0 Å². The quantitative estimate of drug-likeness (QED) is 0.830. The second-order valence-electron chi connectivity index (χ2n) is 6.52. The molecule has 0 aromatic carbocycles. The third kappa shape index (κ3) is 3.83. The molecule has 3 heterocycles. The van der Waals surface area contributed by atoms with Gasteiger partial charge in [0.15, 0.2) is 5.82 Å². The highest BCUT2D eigenvalue weighted by molar-refractivity contribution is 7.09. The second kappa shape index (κ2) is 7.42. The third-order valence-electron chi connectivity index (χ3n) is 4.61. The van der Waals surface area contributed by atoms with Crippen molar-refractivity contribution in [2.45, 2.75) is 52.4 Å². The molecule has 2 aromatic heterocycles. The molecule has 130 valence electrons. The van der Waals surface area contributed by atoms with E-state index in [4.69, 9.17) is 4.52 Å². The van der Waals surface area contributed by atoms with Gasteiger partial charge in [-0.3, -0.25) is 4.79 Å². The minimum atomic E-state index is 0.0786. The third-order valence-corrected chi connectivity index (χ3v) is 5.43.